The van der Waals surface area contributed by atoms with Crippen LogP contribution in [-0.4, -0.2) is 5.48 Å². The Morgan fingerprint density at radius 3 is 1.27 bits per heavy atom. The minimum Gasteiger partial charge on any atom is -0.412 e. The van der Waals surface area contributed by atoms with Crippen molar-refractivity contribution < 1.29 is 25.9 Å². The summed E-state index contributed by atoms with van der Waals surface area (Å²) in [6.45, 7) is 0. The topological polar surface area (TPSA) is 31.5 Å². The van der Waals surface area contributed by atoms with Gasteiger partial charge in [-0.1, -0.05) is 60.7 Å². The first-order valence-corrected chi connectivity index (χ1v) is 5.16. The fourth-order valence-corrected chi connectivity index (χ4v) is 2.09. The standard InChI is InChI=1S/C12H10P.H2O.Pd/c1-3-7-11(8-4-1)13-12-9-5-2-6-10-12;;/h1-10H;1H2;. The first-order chi connectivity index (χ1) is 6.45. The fraction of sp³-hybridized carbons (Fsp3) is 0. The van der Waals surface area contributed by atoms with Crippen LogP contribution >= 0.6 is 8.58 Å². The Labute approximate surface area is 106 Å². The van der Waals surface area contributed by atoms with Gasteiger partial charge in [-0.3, -0.25) is 0 Å². The van der Waals surface area contributed by atoms with Crippen molar-refractivity contribution in [2.45, 2.75) is 0 Å². The molecule has 0 bridgehead atoms. The molecule has 0 amide bonds. The van der Waals surface area contributed by atoms with E-state index in [0.29, 0.717) is 0 Å². The van der Waals surface area contributed by atoms with E-state index in [1.165, 1.54) is 19.2 Å². The van der Waals surface area contributed by atoms with E-state index in [2.05, 4.69) is 48.5 Å². The molecule has 1 radical (unpaired) electrons. The molecule has 2 N–H and O–H groups in total. The largest absolute Gasteiger partial charge is 0.412 e. The summed E-state index contributed by atoms with van der Waals surface area (Å²) >= 11 is 0. The third-order valence-electron chi connectivity index (χ3n) is 1.77. The third kappa shape index (κ3) is 4.69. The van der Waals surface area contributed by atoms with Crippen molar-refractivity contribution in [3.05, 3.63) is 60.7 Å². The van der Waals surface area contributed by atoms with Crippen LogP contribution in [0.4, 0.5) is 0 Å². The molecule has 0 aromatic heterocycles. The quantitative estimate of drug-likeness (QED) is 0.598. The molecule has 0 aliphatic carbocycles. The molecule has 0 atom stereocenters. The van der Waals surface area contributed by atoms with Gasteiger partial charge in [-0.2, -0.15) is 0 Å². The van der Waals surface area contributed by atoms with Crippen molar-refractivity contribution in [1.29, 1.82) is 0 Å². The van der Waals surface area contributed by atoms with Gasteiger partial charge in [0.25, 0.3) is 0 Å². The summed E-state index contributed by atoms with van der Waals surface area (Å²) in [6.07, 6.45) is 0. The molecule has 0 aliphatic heterocycles. The molecule has 0 aliphatic rings. The monoisotopic (exact) mass is 309 g/mol. The van der Waals surface area contributed by atoms with E-state index in [1.54, 1.807) is 0 Å². The van der Waals surface area contributed by atoms with Crippen molar-refractivity contribution in [1.82, 2.24) is 0 Å². The summed E-state index contributed by atoms with van der Waals surface area (Å²) in [5, 5.41) is 2.68. The first-order valence-electron chi connectivity index (χ1n) is 4.27. The first kappa shape index (κ1) is 14.5. The number of benzene rings is 2. The van der Waals surface area contributed by atoms with Gasteiger partial charge < -0.3 is 5.48 Å². The Hall–Kier alpha value is -0.508. The van der Waals surface area contributed by atoms with Gasteiger partial charge in [-0.05, 0) is 19.2 Å². The Bertz CT molecular complexity index is 326. The van der Waals surface area contributed by atoms with Gasteiger partial charge in [0.2, 0.25) is 0 Å². The zero-order valence-electron chi connectivity index (χ0n) is 8.04. The van der Waals surface area contributed by atoms with Crippen LogP contribution in [0.15, 0.2) is 60.7 Å². The van der Waals surface area contributed by atoms with E-state index < -0.39 is 0 Å². The summed E-state index contributed by atoms with van der Waals surface area (Å²) in [6, 6.07) is 21.0. The summed E-state index contributed by atoms with van der Waals surface area (Å²) in [5.41, 5.74) is 0. The number of rotatable bonds is 2. The minimum atomic E-state index is 0. The van der Waals surface area contributed by atoms with Gasteiger partial charge in [0, 0.05) is 20.4 Å². The Balaban J connectivity index is 0.000000980. The van der Waals surface area contributed by atoms with Crippen LogP contribution in [0.3, 0.4) is 0 Å². The van der Waals surface area contributed by atoms with Gasteiger partial charge in [-0.15, -0.1) is 0 Å². The molecule has 1 nitrogen and oxygen atoms in total. The number of hydrogen-bond donors (Lipinski definition) is 0. The van der Waals surface area contributed by atoms with Crippen molar-refractivity contribution in [2.75, 3.05) is 0 Å². The van der Waals surface area contributed by atoms with E-state index in [9.17, 15) is 0 Å². The van der Waals surface area contributed by atoms with Crippen molar-refractivity contribution in [2.24, 2.45) is 0 Å². The second kappa shape index (κ2) is 7.74. The molecule has 15 heavy (non-hydrogen) atoms. The van der Waals surface area contributed by atoms with Crippen LogP contribution in [0.5, 0.6) is 0 Å². The fourth-order valence-electron chi connectivity index (χ4n) is 1.15. The maximum atomic E-state index is 2.15. The van der Waals surface area contributed by atoms with Crippen molar-refractivity contribution in [3.8, 4) is 0 Å². The van der Waals surface area contributed by atoms with Gasteiger partial charge in [0.15, 0.2) is 0 Å². The van der Waals surface area contributed by atoms with E-state index in [4.69, 9.17) is 0 Å². The molecule has 0 unspecified atom stereocenters. The van der Waals surface area contributed by atoms with Crippen LogP contribution in [0, 0.1) is 0 Å². The van der Waals surface area contributed by atoms with E-state index in [1.807, 2.05) is 12.1 Å². The maximum absolute atomic E-state index is 2.15. The van der Waals surface area contributed by atoms with Crippen LogP contribution in [0.25, 0.3) is 0 Å². The summed E-state index contributed by atoms with van der Waals surface area (Å²) in [4.78, 5) is 0. The molecule has 0 spiro atoms. The predicted octanol–water partition coefficient (Wildman–Crippen LogP) is 1.76. The average Bonchev–Trinajstić information content (AvgIpc) is 2.21. The Morgan fingerprint density at radius 2 is 0.933 bits per heavy atom. The summed E-state index contributed by atoms with van der Waals surface area (Å²) in [7, 11) is 1.28. The normalized spacial score (nSPS) is 8.53. The van der Waals surface area contributed by atoms with Gasteiger partial charge in [-0.25, -0.2) is 0 Å². The van der Waals surface area contributed by atoms with Gasteiger partial charge in [0.05, 0.1) is 0 Å². The van der Waals surface area contributed by atoms with E-state index in [0.717, 1.165) is 0 Å². The van der Waals surface area contributed by atoms with Crippen LogP contribution in [-0.2, 0) is 20.4 Å². The molecule has 2 aromatic rings. The number of hydrogen-bond acceptors (Lipinski definition) is 0. The van der Waals surface area contributed by atoms with Crippen molar-refractivity contribution >= 4 is 19.2 Å². The molecule has 0 saturated heterocycles. The second-order valence-corrected chi connectivity index (χ2v) is 4.04. The van der Waals surface area contributed by atoms with Gasteiger partial charge in [0.1, 0.15) is 0 Å². The van der Waals surface area contributed by atoms with Crippen LogP contribution in [0.1, 0.15) is 0 Å². The SMILES string of the molecule is O.[Pd].c1ccc([P]c2ccccc2)cc1. The molecule has 81 valence electrons. The summed E-state index contributed by atoms with van der Waals surface area (Å²) < 4.78 is 0. The second-order valence-electron chi connectivity index (χ2n) is 2.78. The molecular weight excluding hydrogens is 298 g/mol. The van der Waals surface area contributed by atoms with E-state index >= 15 is 0 Å². The molecule has 3 heteroatoms. The molecule has 0 fully saturated rings. The maximum Gasteiger partial charge on any atom is 0 e. The molecule has 2 rings (SSSR count). The van der Waals surface area contributed by atoms with Crippen LogP contribution < -0.4 is 10.6 Å². The minimum absolute atomic E-state index is 0. The zero-order chi connectivity index (χ0) is 8.93. The molecular formula is C12H12OPPd. The zero-order valence-corrected chi connectivity index (χ0v) is 10.5. The molecule has 0 saturated carbocycles. The molecule has 0 heterocycles. The van der Waals surface area contributed by atoms with Gasteiger partial charge >= 0.3 is 0 Å². The molecule has 2 aromatic carbocycles. The Kier molecular flexibility index (Phi) is 7.48. The third-order valence-corrected chi connectivity index (χ3v) is 2.88. The van der Waals surface area contributed by atoms with E-state index in [-0.39, 0.29) is 25.9 Å². The Morgan fingerprint density at radius 1 is 0.600 bits per heavy atom. The smallest absolute Gasteiger partial charge is 0 e. The predicted molar refractivity (Wildman–Crippen MR) is 62.7 cm³/mol. The van der Waals surface area contributed by atoms with Crippen LogP contribution in [0.2, 0.25) is 0 Å². The average molecular weight is 310 g/mol. The van der Waals surface area contributed by atoms with Crippen molar-refractivity contribution in [3.63, 3.8) is 0 Å². The summed E-state index contributed by atoms with van der Waals surface area (Å²) in [5.74, 6) is 0.